The van der Waals surface area contributed by atoms with E-state index >= 15 is 0 Å². The number of nitriles is 1. The summed E-state index contributed by atoms with van der Waals surface area (Å²) in [6, 6.07) is 18.7. The zero-order chi connectivity index (χ0) is 30.6. The first-order valence-corrected chi connectivity index (χ1v) is 13.5. The molecule has 0 atom stereocenters. The molecular weight excluding hydrogens is 524 g/mol. The summed E-state index contributed by atoms with van der Waals surface area (Å²) in [4.78, 5) is 4.35. The predicted molar refractivity (Wildman–Crippen MR) is 163 cm³/mol. The molecule has 1 saturated carbocycles. The number of pyridine rings is 1. The van der Waals surface area contributed by atoms with E-state index in [2.05, 4.69) is 34.8 Å². The third-order valence-electron chi connectivity index (χ3n) is 6.07. The number of phenolic OH excluding ortho intramolecular Hbond substituents is 1. The van der Waals surface area contributed by atoms with E-state index in [0.717, 1.165) is 42.4 Å². The standard InChI is InChI=1S/C26H27N5O.C4H6F2O.C2H6/c1-17(11-12-29-16-18-9-10-18)30-20-6-4-5-19(13-20)22-14-24(31-26(28)23(22)15-27)21-7-2-3-8-25(21)32;1-3(7)4(2,5)6;1-2/h2-8,13-14,18,29-30,32H,1,9-12,16H2,(H2,28,31);7H,1H2,2H3;1-2H3. The van der Waals surface area contributed by atoms with Crippen LogP contribution in [0.25, 0.3) is 22.4 Å². The number of phenols is 1. The number of nitrogen functional groups attached to an aromatic ring is 1. The van der Waals surface area contributed by atoms with Crippen molar-refractivity contribution in [3.8, 4) is 34.2 Å². The van der Waals surface area contributed by atoms with Crippen molar-refractivity contribution in [1.29, 1.82) is 5.26 Å². The van der Waals surface area contributed by atoms with E-state index in [4.69, 9.17) is 10.8 Å². The van der Waals surface area contributed by atoms with Gasteiger partial charge in [0.25, 0.3) is 5.92 Å². The molecule has 0 radical (unpaired) electrons. The lowest BCUT2D eigenvalue weighted by Crippen LogP contribution is -2.19. The molecule has 0 saturated heterocycles. The Morgan fingerprint density at radius 1 is 1.12 bits per heavy atom. The van der Waals surface area contributed by atoms with Crippen LogP contribution in [0.15, 0.2) is 79.2 Å². The Hall–Kier alpha value is -4.42. The van der Waals surface area contributed by atoms with Crippen LogP contribution >= 0.6 is 0 Å². The molecule has 0 spiro atoms. The number of nitrogens with one attached hydrogen (secondary N) is 2. The van der Waals surface area contributed by atoms with Gasteiger partial charge in [-0.3, -0.25) is 0 Å². The molecule has 1 aromatic heterocycles. The van der Waals surface area contributed by atoms with Crippen molar-refractivity contribution >= 4 is 11.5 Å². The van der Waals surface area contributed by atoms with Gasteiger partial charge in [0.1, 0.15) is 23.2 Å². The maximum atomic E-state index is 11.5. The lowest BCUT2D eigenvalue weighted by molar-refractivity contribution is 0.0197. The maximum absolute atomic E-state index is 11.5. The van der Waals surface area contributed by atoms with E-state index < -0.39 is 11.7 Å². The molecule has 9 heteroatoms. The smallest absolute Gasteiger partial charge is 0.300 e. The third kappa shape index (κ3) is 10.2. The molecule has 1 heterocycles. The Kier molecular flexibility index (Phi) is 12.3. The van der Waals surface area contributed by atoms with Crippen molar-refractivity contribution in [2.45, 2.75) is 46.0 Å². The summed E-state index contributed by atoms with van der Waals surface area (Å²) in [5.41, 5.74) is 10.8. The molecule has 6 N–H and O–H groups in total. The molecule has 0 unspecified atom stereocenters. The second-order valence-corrected chi connectivity index (χ2v) is 9.49. The molecule has 3 aromatic rings. The van der Waals surface area contributed by atoms with E-state index in [1.807, 2.05) is 44.2 Å². The van der Waals surface area contributed by atoms with E-state index in [0.29, 0.717) is 29.3 Å². The molecule has 0 aliphatic heterocycles. The van der Waals surface area contributed by atoms with Crippen LogP contribution in [0.2, 0.25) is 0 Å². The van der Waals surface area contributed by atoms with Gasteiger partial charge in [-0.15, -0.1) is 0 Å². The molecule has 0 amide bonds. The Morgan fingerprint density at radius 3 is 2.37 bits per heavy atom. The van der Waals surface area contributed by atoms with Gasteiger partial charge in [0.15, 0.2) is 5.76 Å². The number of hydrogen-bond acceptors (Lipinski definition) is 7. The van der Waals surface area contributed by atoms with E-state index in [1.54, 1.807) is 24.3 Å². The number of aliphatic hydroxyl groups excluding tert-OH is 1. The lowest BCUT2D eigenvalue weighted by atomic mass is 9.97. The van der Waals surface area contributed by atoms with E-state index in [9.17, 15) is 19.1 Å². The first-order chi connectivity index (χ1) is 19.5. The van der Waals surface area contributed by atoms with Gasteiger partial charge in [0, 0.05) is 36.0 Å². The van der Waals surface area contributed by atoms with Gasteiger partial charge < -0.3 is 26.6 Å². The minimum atomic E-state index is -3.14. The fourth-order valence-corrected chi connectivity index (χ4v) is 3.64. The number of benzene rings is 2. The minimum Gasteiger partial charge on any atom is -0.507 e. The van der Waals surface area contributed by atoms with Crippen molar-refractivity contribution in [3.05, 3.63) is 84.8 Å². The highest BCUT2D eigenvalue weighted by molar-refractivity contribution is 5.82. The first-order valence-electron chi connectivity index (χ1n) is 13.5. The summed E-state index contributed by atoms with van der Waals surface area (Å²) < 4.78 is 23.0. The fraction of sp³-hybridized carbons (Fsp3) is 0.312. The van der Waals surface area contributed by atoms with E-state index in [-0.39, 0.29) is 11.6 Å². The topological polar surface area (TPSA) is 127 Å². The fourth-order valence-electron chi connectivity index (χ4n) is 3.64. The van der Waals surface area contributed by atoms with Gasteiger partial charge in [0.2, 0.25) is 0 Å². The number of allylic oxidation sites excluding steroid dienone is 1. The second kappa shape index (κ2) is 15.4. The van der Waals surface area contributed by atoms with Crippen LogP contribution in [0.1, 0.15) is 45.6 Å². The zero-order valence-electron chi connectivity index (χ0n) is 23.8. The van der Waals surface area contributed by atoms with Crippen LogP contribution in [-0.2, 0) is 0 Å². The largest absolute Gasteiger partial charge is 0.507 e. The monoisotopic (exact) mass is 563 g/mol. The maximum Gasteiger partial charge on any atom is 0.300 e. The number of aliphatic hydroxyl groups is 1. The Labute approximate surface area is 241 Å². The van der Waals surface area contributed by atoms with Crippen molar-refractivity contribution in [2.24, 2.45) is 5.92 Å². The van der Waals surface area contributed by atoms with Crippen LogP contribution in [0.4, 0.5) is 20.3 Å². The molecule has 0 bridgehead atoms. The quantitative estimate of drug-likeness (QED) is 0.127. The van der Waals surface area contributed by atoms with Gasteiger partial charge >= 0.3 is 0 Å². The summed E-state index contributed by atoms with van der Waals surface area (Å²) in [5, 5.41) is 34.7. The number of aromatic nitrogens is 1. The number of nitrogens with two attached hydrogens (primary N) is 1. The van der Waals surface area contributed by atoms with Gasteiger partial charge in [-0.2, -0.15) is 14.0 Å². The summed E-state index contributed by atoms with van der Waals surface area (Å²) >= 11 is 0. The lowest BCUT2D eigenvalue weighted by Gasteiger charge is -2.14. The number of nitrogens with zero attached hydrogens (tertiary/aromatic N) is 2. The van der Waals surface area contributed by atoms with Crippen molar-refractivity contribution in [2.75, 3.05) is 24.1 Å². The molecule has 1 aliphatic carbocycles. The molecule has 218 valence electrons. The van der Waals surface area contributed by atoms with Gasteiger partial charge in [-0.05, 0) is 67.6 Å². The van der Waals surface area contributed by atoms with Crippen LogP contribution < -0.4 is 16.4 Å². The molecular formula is C32H39F2N5O2. The summed E-state index contributed by atoms with van der Waals surface area (Å²) in [5.74, 6) is -3.13. The molecule has 1 aliphatic rings. The SMILES string of the molecule is C=C(CCNCC1CC1)Nc1cccc(-c2cc(-c3ccccc3O)nc(N)c2C#N)c1.C=C(O)C(C)(F)F.CC. The average Bonchev–Trinajstić information content (AvgIpc) is 3.77. The molecule has 4 rings (SSSR count). The predicted octanol–water partition coefficient (Wildman–Crippen LogP) is 7.63. The van der Waals surface area contributed by atoms with Crippen LogP contribution in [0.5, 0.6) is 5.75 Å². The normalized spacial score (nSPS) is 12.1. The third-order valence-corrected chi connectivity index (χ3v) is 6.07. The average molecular weight is 564 g/mol. The van der Waals surface area contributed by atoms with Gasteiger partial charge in [-0.1, -0.05) is 51.3 Å². The second-order valence-electron chi connectivity index (χ2n) is 9.49. The Morgan fingerprint density at radius 2 is 1.78 bits per heavy atom. The number of anilines is 2. The van der Waals surface area contributed by atoms with Crippen LogP contribution in [-0.4, -0.2) is 34.2 Å². The number of alkyl halides is 2. The summed E-state index contributed by atoms with van der Waals surface area (Å²) in [6.07, 6.45) is 3.52. The number of para-hydroxylation sites is 1. The molecule has 41 heavy (non-hydrogen) atoms. The Balaban J connectivity index is 0.000000573. The van der Waals surface area contributed by atoms with Gasteiger partial charge in [0.05, 0.1) is 5.69 Å². The van der Waals surface area contributed by atoms with E-state index in [1.165, 1.54) is 12.8 Å². The summed E-state index contributed by atoms with van der Waals surface area (Å²) in [6.45, 7) is 13.3. The van der Waals surface area contributed by atoms with Crippen LogP contribution in [0, 0.1) is 17.2 Å². The minimum absolute atomic E-state index is 0.108. The highest BCUT2D eigenvalue weighted by atomic mass is 19.3. The van der Waals surface area contributed by atoms with Crippen molar-refractivity contribution < 1.29 is 19.0 Å². The van der Waals surface area contributed by atoms with Crippen LogP contribution in [0.3, 0.4) is 0 Å². The highest BCUT2D eigenvalue weighted by Gasteiger charge is 2.24. The number of hydrogen-bond donors (Lipinski definition) is 5. The molecule has 7 nitrogen and oxygen atoms in total. The number of aromatic hydroxyl groups is 1. The molecule has 2 aromatic carbocycles. The van der Waals surface area contributed by atoms with Crippen molar-refractivity contribution in [1.82, 2.24) is 10.3 Å². The molecule has 1 fully saturated rings. The summed E-state index contributed by atoms with van der Waals surface area (Å²) in [7, 11) is 0. The van der Waals surface area contributed by atoms with Crippen molar-refractivity contribution in [3.63, 3.8) is 0 Å². The number of rotatable bonds is 10. The van der Waals surface area contributed by atoms with Gasteiger partial charge in [-0.25, -0.2) is 4.98 Å². The zero-order valence-corrected chi connectivity index (χ0v) is 23.8. The first kappa shape index (κ1) is 32.8. The highest BCUT2D eigenvalue weighted by Crippen LogP contribution is 2.35. The number of halogens is 2. The Bertz CT molecular complexity index is 1380.